The minimum absolute atomic E-state index is 0.0110. The van der Waals surface area contributed by atoms with Gasteiger partial charge in [0.2, 0.25) is 0 Å². The number of H-pyrrole nitrogens is 1. The van der Waals surface area contributed by atoms with Crippen LogP contribution < -0.4 is 0 Å². The maximum atomic E-state index is 14.5. The number of aromatic amines is 1. The third kappa shape index (κ3) is 8.47. The highest BCUT2D eigenvalue weighted by Gasteiger charge is 2.60. The Morgan fingerprint density at radius 2 is 1.83 bits per heavy atom. The van der Waals surface area contributed by atoms with Gasteiger partial charge in [0.05, 0.1) is 55.6 Å². The Bertz CT molecular complexity index is 1890. The number of benzene rings is 1. The molecule has 0 aliphatic carbocycles. The van der Waals surface area contributed by atoms with Crippen LogP contribution in [0, 0.1) is 23.7 Å². The van der Waals surface area contributed by atoms with Crippen molar-refractivity contribution in [2.24, 2.45) is 33.8 Å². The lowest BCUT2D eigenvalue weighted by Crippen LogP contribution is -2.60. The summed E-state index contributed by atoms with van der Waals surface area (Å²) in [6.45, 7) is 16.7. The quantitative estimate of drug-likeness (QED) is 0.300. The van der Waals surface area contributed by atoms with Crippen molar-refractivity contribution >= 4 is 34.5 Å². The van der Waals surface area contributed by atoms with E-state index in [1.54, 1.807) is 11.8 Å². The normalized spacial score (nSPS) is 40.4. The van der Waals surface area contributed by atoms with E-state index in [1.165, 1.54) is 0 Å². The third-order valence-corrected chi connectivity index (χ3v) is 13.4. The van der Waals surface area contributed by atoms with Gasteiger partial charge < -0.3 is 43.3 Å². The fraction of sp³-hybridized carbons (Fsp3) is 0.762. The largest absolute Gasteiger partial charge is 0.458 e. The zero-order chi connectivity index (χ0) is 42.4. The maximum Gasteiger partial charge on any atom is 0.410 e. The number of nitrogens with one attached hydrogen (secondary N) is 1. The summed E-state index contributed by atoms with van der Waals surface area (Å²) in [5.74, 6) is -2.27. The van der Waals surface area contributed by atoms with Gasteiger partial charge in [0.1, 0.15) is 35.6 Å². The van der Waals surface area contributed by atoms with Crippen LogP contribution in [0.5, 0.6) is 0 Å². The van der Waals surface area contributed by atoms with Gasteiger partial charge in [0.25, 0.3) is 0 Å². The minimum Gasteiger partial charge on any atom is -0.458 e. The van der Waals surface area contributed by atoms with Crippen LogP contribution in [-0.4, -0.2) is 154 Å². The number of likely N-dealkylation sites (N-methyl/N-ethyl adjacent to an activating group) is 1. The average molecular weight is 826 g/mol. The van der Waals surface area contributed by atoms with Crippen LogP contribution in [0.1, 0.15) is 80.2 Å². The van der Waals surface area contributed by atoms with E-state index in [0.717, 1.165) is 16.8 Å². The van der Waals surface area contributed by atoms with Gasteiger partial charge in [-0.05, 0) is 84.7 Å². The number of fused-ring (bicyclic) bond motifs is 5. The second-order valence-electron chi connectivity index (χ2n) is 18.0. The fourth-order valence-electron chi connectivity index (χ4n) is 10.4. The molecule has 6 heterocycles. The number of rotatable bonds is 7. The molecule has 1 aromatic carbocycles. The predicted octanol–water partition coefficient (Wildman–Crippen LogP) is 4.12. The molecule has 59 heavy (non-hydrogen) atoms. The van der Waals surface area contributed by atoms with Crippen LogP contribution in [0.3, 0.4) is 0 Å². The molecule has 0 radical (unpaired) electrons. The van der Waals surface area contributed by atoms with Crippen molar-refractivity contribution in [1.29, 1.82) is 0 Å². The number of nitrogens with zero attached hydrogens (tertiary/aromatic N) is 6. The molecule has 2 aromatic rings. The number of aromatic nitrogens is 3. The van der Waals surface area contributed by atoms with Crippen molar-refractivity contribution < 1.29 is 48.0 Å². The Labute approximate surface area is 346 Å². The maximum absolute atomic E-state index is 14.5. The average Bonchev–Trinajstić information content (AvgIpc) is 3.71. The third-order valence-electron chi connectivity index (χ3n) is 13.4. The van der Waals surface area contributed by atoms with Crippen LogP contribution in [-0.2, 0) is 44.7 Å². The molecular formula is C42H63N7O10. The molecule has 1 amide bonds. The highest BCUT2D eigenvalue weighted by atomic mass is 16.7. The number of aliphatic hydroxyl groups excluding tert-OH is 1. The molecule has 326 valence electrons. The first-order valence-electron chi connectivity index (χ1n) is 21.2. The van der Waals surface area contributed by atoms with Gasteiger partial charge in [-0.3, -0.25) is 14.7 Å². The summed E-state index contributed by atoms with van der Waals surface area (Å²) in [6.07, 6.45) is -3.47. The first-order chi connectivity index (χ1) is 28.0. The van der Waals surface area contributed by atoms with Crippen LogP contribution >= 0.6 is 0 Å². The second-order valence-corrected chi connectivity index (χ2v) is 18.0. The van der Waals surface area contributed by atoms with Crippen molar-refractivity contribution in [3.63, 3.8) is 0 Å². The van der Waals surface area contributed by atoms with E-state index >= 15 is 0 Å². The Hall–Kier alpha value is -3.74. The zero-order valence-corrected chi connectivity index (χ0v) is 36.1. The van der Waals surface area contributed by atoms with Crippen LogP contribution in [0.15, 0.2) is 28.3 Å². The van der Waals surface area contributed by atoms with Gasteiger partial charge in [-0.1, -0.05) is 38.9 Å². The fourth-order valence-corrected chi connectivity index (χ4v) is 10.4. The number of carbonyl (C=O) groups excluding carboxylic acids is 2. The molecule has 5 aliphatic heterocycles. The van der Waals surface area contributed by atoms with E-state index in [-0.39, 0.29) is 43.8 Å². The molecular weight excluding hydrogens is 763 g/mol. The molecule has 7 rings (SSSR count). The number of hydrogen-bond acceptors (Lipinski definition) is 15. The standard InChI is InChI=1S/C42H63N7O10/c1-11-32-42(8)36-24(4)33(43-14-15-49(36)40(52)59-42)22(2)18-41(7)37(58-39-34(50)31(48(9)10)16-23(3)56-39)25(5)35(26(6)38(51)57-32)53-20-28(21-54-41)46-55-19-27-12-13-29-30(17-27)45-47-44-29/h12-13,17,22-26,31-32,34-37,39,50H,11,14-16,18-21H2,1-10H3,(H,44,45,47)/t22-,23+,24+,25+,26+,31-,32-,34+,35+,36-,37-,39-,41-,42-/m1/s1. The van der Waals surface area contributed by atoms with Crippen molar-refractivity contribution in [3.05, 3.63) is 23.8 Å². The molecule has 5 aliphatic rings. The summed E-state index contributed by atoms with van der Waals surface area (Å²) in [4.78, 5) is 42.9. The van der Waals surface area contributed by atoms with Gasteiger partial charge in [-0.2, -0.15) is 15.4 Å². The molecule has 4 fully saturated rings. The summed E-state index contributed by atoms with van der Waals surface area (Å²) >= 11 is 0. The number of hydrogen-bond donors (Lipinski definition) is 2. The lowest BCUT2D eigenvalue weighted by atomic mass is 9.72. The highest BCUT2D eigenvalue weighted by Crippen LogP contribution is 2.45. The number of aliphatic hydroxyl groups is 1. The molecule has 1 aromatic heterocycles. The summed E-state index contributed by atoms with van der Waals surface area (Å²) < 4.78 is 39.8. The van der Waals surface area contributed by atoms with Gasteiger partial charge in [0.15, 0.2) is 11.9 Å². The number of cyclic esters (lactones) is 1. The summed E-state index contributed by atoms with van der Waals surface area (Å²) in [5, 5.41) is 27.2. The number of esters is 1. The van der Waals surface area contributed by atoms with Crippen LogP contribution in [0.25, 0.3) is 11.0 Å². The van der Waals surface area contributed by atoms with E-state index in [0.29, 0.717) is 43.6 Å². The minimum atomic E-state index is -1.14. The van der Waals surface area contributed by atoms with Crippen LogP contribution in [0.4, 0.5) is 4.79 Å². The Balaban J connectivity index is 1.30. The molecule has 4 bridgehead atoms. The zero-order valence-electron chi connectivity index (χ0n) is 36.1. The Morgan fingerprint density at radius 3 is 2.58 bits per heavy atom. The topological polar surface area (TPSA) is 192 Å². The molecule has 17 nitrogen and oxygen atoms in total. The monoisotopic (exact) mass is 825 g/mol. The van der Waals surface area contributed by atoms with Crippen molar-refractivity contribution in [3.8, 4) is 0 Å². The predicted molar refractivity (Wildman–Crippen MR) is 217 cm³/mol. The molecule has 0 unspecified atom stereocenters. The van der Waals surface area contributed by atoms with E-state index in [9.17, 15) is 14.7 Å². The Morgan fingerprint density at radius 1 is 1.07 bits per heavy atom. The van der Waals surface area contributed by atoms with Gasteiger partial charge in [-0.25, -0.2) is 4.79 Å². The number of oxime groups is 1. The Kier molecular flexibility index (Phi) is 12.7. The molecule has 0 saturated carbocycles. The van der Waals surface area contributed by atoms with E-state index < -0.39 is 71.8 Å². The molecule has 2 N–H and O–H groups in total. The molecule has 17 heteroatoms. The molecule has 0 spiro atoms. The molecule has 4 saturated heterocycles. The van der Waals surface area contributed by atoms with Crippen molar-refractivity contribution in [1.82, 2.24) is 25.2 Å². The first kappa shape index (κ1) is 43.4. The highest BCUT2D eigenvalue weighted by molar-refractivity contribution is 5.91. The smallest absolute Gasteiger partial charge is 0.410 e. The summed E-state index contributed by atoms with van der Waals surface area (Å²) in [6, 6.07) is 4.98. The molecule has 14 atom stereocenters. The number of ether oxygens (including phenoxy) is 6. The SMILES string of the molecule is CC[C@H]1OC(=O)[C@@H](C)[C@H]2OCC(=NOCc3ccc4n[nH]nc4c3)CO[C@](C)(C[C@@H](C)C3=NCCN4C(=O)O[C@@]1(C)[C@H]4[C@H]3C)[C@H](O[C@H]1O[C@@H](C)C[C@@H](N(C)C)[C@@H]1O)[C@H]2C. The lowest BCUT2D eigenvalue weighted by molar-refractivity contribution is -0.302. The van der Waals surface area contributed by atoms with Gasteiger partial charge >= 0.3 is 12.1 Å². The van der Waals surface area contributed by atoms with Gasteiger partial charge in [-0.15, -0.1) is 0 Å². The number of amides is 1. The first-order valence-corrected chi connectivity index (χ1v) is 21.2. The summed E-state index contributed by atoms with van der Waals surface area (Å²) in [7, 11) is 3.87. The lowest BCUT2D eigenvalue weighted by Gasteiger charge is -2.48. The number of carbonyl (C=O) groups is 2. The van der Waals surface area contributed by atoms with Gasteiger partial charge in [0, 0.05) is 30.1 Å². The second kappa shape index (κ2) is 17.3. The van der Waals surface area contributed by atoms with Crippen LogP contribution in [0.2, 0.25) is 0 Å². The number of aliphatic imine (C=N–C) groups is 1. The van der Waals surface area contributed by atoms with Crippen molar-refractivity contribution in [2.75, 3.05) is 40.4 Å². The van der Waals surface area contributed by atoms with E-state index in [1.807, 2.05) is 71.8 Å². The summed E-state index contributed by atoms with van der Waals surface area (Å²) in [5.41, 5.74) is 1.46. The van der Waals surface area contributed by atoms with E-state index in [4.69, 9.17) is 38.3 Å². The van der Waals surface area contributed by atoms with Crippen molar-refractivity contribution in [2.45, 2.75) is 141 Å². The van der Waals surface area contributed by atoms with E-state index in [2.05, 4.69) is 34.4 Å².